The molecule has 0 saturated heterocycles. The van der Waals surface area contributed by atoms with E-state index in [9.17, 15) is 10.1 Å². The summed E-state index contributed by atoms with van der Waals surface area (Å²) in [4.78, 5) is 10.4. The third-order valence-electron chi connectivity index (χ3n) is 2.78. The highest BCUT2D eigenvalue weighted by atomic mass is 16.6. The lowest BCUT2D eigenvalue weighted by Gasteiger charge is -2.06. The largest absolute Gasteiger partial charge is 0.399 e. The van der Waals surface area contributed by atoms with E-state index in [1.54, 1.807) is 30.3 Å². The molecule has 0 atom stereocenters. The molecule has 3 rings (SSSR count). The average molecular weight is 271 g/mol. The van der Waals surface area contributed by atoms with Crippen LogP contribution < -0.4 is 11.1 Å². The fourth-order valence-electron chi connectivity index (χ4n) is 1.82. The van der Waals surface area contributed by atoms with Gasteiger partial charge in [0.1, 0.15) is 0 Å². The lowest BCUT2D eigenvalue weighted by molar-refractivity contribution is -0.383. The van der Waals surface area contributed by atoms with Gasteiger partial charge in [-0.25, -0.2) is 4.63 Å². The number of benzene rings is 2. The van der Waals surface area contributed by atoms with Gasteiger partial charge in [-0.3, -0.25) is 10.1 Å². The number of hydrogen-bond acceptors (Lipinski definition) is 7. The van der Waals surface area contributed by atoms with Gasteiger partial charge in [0.2, 0.25) is 5.52 Å². The number of anilines is 3. The molecular formula is C12H9N5O3. The van der Waals surface area contributed by atoms with E-state index in [4.69, 9.17) is 5.73 Å². The number of nitro benzene ring substituents is 1. The van der Waals surface area contributed by atoms with Gasteiger partial charge in [-0.1, -0.05) is 0 Å². The quantitative estimate of drug-likeness (QED) is 0.426. The summed E-state index contributed by atoms with van der Waals surface area (Å²) in [7, 11) is 0. The molecule has 0 fully saturated rings. The molecule has 100 valence electrons. The predicted octanol–water partition coefficient (Wildman–Crippen LogP) is 2.46. The van der Waals surface area contributed by atoms with Gasteiger partial charge in [0.25, 0.3) is 0 Å². The van der Waals surface area contributed by atoms with Gasteiger partial charge in [0, 0.05) is 17.4 Å². The first-order valence-corrected chi connectivity index (χ1v) is 5.67. The Morgan fingerprint density at radius 1 is 1.10 bits per heavy atom. The van der Waals surface area contributed by atoms with Gasteiger partial charge in [-0.2, -0.15) is 0 Å². The second-order valence-corrected chi connectivity index (χ2v) is 4.10. The number of nitrogen functional groups attached to an aromatic ring is 1. The SMILES string of the molecule is Nc1ccc(Nc2ccc([N+](=O)[O-])c3nonc23)cc1. The molecule has 0 unspecified atom stereocenters. The predicted molar refractivity (Wildman–Crippen MR) is 72.6 cm³/mol. The van der Waals surface area contributed by atoms with Crippen molar-refractivity contribution in [3.63, 3.8) is 0 Å². The standard InChI is InChI=1S/C12H9N5O3/c13-7-1-3-8(4-2-7)14-9-5-6-10(17(18)19)12-11(9)15-20-16-12/h1-6,14H,13H2. The van der Waals surface area contributed by atoms with Crippen LogP contribution >= 0.6 is 0 Å². The summed E-state index contributed by atoms with van der Waals surface area (Å²) in [5.41, 5.74) is 7.85. The minimum atomic E-state index is -0.528. The van der Waals surface area contributed by atoms with E-state index in [1.165, 1.54) is 6.07 Å². The Morgan fingerprint density at radius 3 is 2.50 bits per heavy atom. The minimum absolute atomic E-state index is 0.107. The van der Waals surface area contributed by atoms with E-state index < -0.39 is 4.92 Å². The molecule has 0 aliphatic rings. The number of nitrogens with zero attached hydrogens (tertiary/aromatic N) is 3. The summed E-state index contributed by atoms with van der Waals surface area (Å²) in [6, 6.07) is 9.97. The van der Waals surface area contributed by atoms with Crippen molar-refractivity contribution in [3.05, 3.63) is 46.5 Å². The first-order chi connectivity index (χ1) is 9.65. The molecule has 0 saturated carbocycles. The number of nitrogens with one attached hydrogen (secondary N) is 1. The highest BCUT2D eigenvalue weighted by Gasteiger charge is 2.19. The first kappa shape index (κ1) is 11.9. The van der Waals surface area contributed by atoms with Crippen molar-refractivity contribution in [2.24, 2.45) is 0 Å². The lowest BCUT2D eigenvalue weighted by atomic mass is 10.2. The van der Waals surface area contributed by atoms with Crippen LogP contribution in [0.3, 0.4) is 0 Å². The zero-order chi connectivity index (χ0) is 14.1. The van der Waals surface area contributed by atoms with E-state index in [2.05, 4.69) is 20.3 Å². The van der Waals surface area contributed by atoms with Crippen molar-refractivity contribution < 1.29 is 9.55 Å². The molecule has 20 heavy (non-hydrogen) atoms. The van der Waals surface area contributed by atoms with Gasteiger partial charge in [0.15, 0.2) is 5.52 Å². The van der Waals surface area contributed by atoms with E-state index >= 15 is 0 Å². The molecule has 0 radical (unpaired) electrons. The summed E-state index contributed by atoms with van der Waals surface area (Å²) < 4.78 is 4.59. The molecule has 2 aromatic carbocycles. The molecular weight excluding hydrogens is 262 g/mol. The van der Waals surface area contributed by atoms with Gasteiger partial charge >= 0.3 is 5.69 Å². The average Bonchev–Trinajstić information content (AvgIpc) is 2.91. The molecule has 0 aliphatic heterocycles. The molecule has 0 bridgehead atoms. The molecule has 1 aromatic heterocycles. The minimum Gasteiger partial charge on any atom is -0.399 e. The van der Waals surface area contributed by atoms with Crippen LogP contribution in [0.1, 0.15) is 0 Å². The number of aromatic nitrogens is 2. The molecule has 8 nitrogen and oxygen atoms in total. The Morgan fingerprint density at radius 2 is 1.80 bits per heavy atom. The summed E-state index contributed by atoms with van der Waals surface area (Å²) in [6.07, 6.45) is 0. The monoisotopic (exact) mass is 271 g/mol. The number of rotatable bonds is 3. The van der Waals surface area contributed by atoms with Crippen LogP contribution in [-0.4, -0.2) is 15.2 Å². The maximum atomic E-state index is 10.9. The Bertz CT molecular complexity index is 781. The maximum absolute atomic E-state index is 10.9. The van der Waals surface area contributed by atoms with Crippen molar-refractivity contribution in [1.82, 2.24) is 10.3 Å². The van der Waals surface area contributed by atoms with Crippen LogP contribution in [0, 0.1) is 10.1 Å². The summed E-state index contributed by atoms with van der Waals surface area (Å²) >= 11 is 0. The summed E-state index contributed by atoms with van der Waals surface area (Å²) in [5.74, 6) is 0. The maximum Gasteiger partial charge on any atom is 0.300 e. The smallest absolute Gasteiger partial charge is 0.300 e. The zero-order valence-corrected chi connectivity index (χ0v) is 10.1. The lowest BCUT2D eigenvalue weighted by Crippen LogP contribution is -1.95. The molecule has 0 aliphatic carbocycles. The van der Waals surface area contributed by atoms with Crippen molar-refractivity contribution in [2.75, 3.05) is 11.1 Å². The van der Waals surface area contributed by atoms with Crippen molar-refractivity contribution in [3.8, 4) is 0 Å². The molecule has 8 heteroatoms. The van der Waals surface area contributed by atoms with E-state index in [-0.39, 0.29) is 11.2 Å². The van der Waals surface area contributed by atoms with Crippen LogP contribution in [0.2, 0.25) is 0 Å². The molecule has 0 amide bonds. The van der Waals surface area contributed by atoms with Crippen LogP contribution in [-0.2, 0) is 0 Å². The van der Waals surface area contributed by atoms with Gasteiger partial charge in [0.05, 0.1) is 10.6 Å². The second-order valence-electron chi connectivity index (χ2n) is 4.10. The Hall–Kier alpha value is -3.16. The third-order valence-corrected chi connectivity index (χ3v) is 2.78. The van der Waals surface area contributed by atoms with Crippen LogP contribution in [0.15, 0.2) is 41.0 Å². The highest BCUT2D eigenvalue weighted by molar-refractivity contribution is 5.94. The fraction of sp³-hybridized carbons (Fsp3) is 0. The normalized spacial score (nSPS) is 10.6. The number of non-ortho nitro benzene ring substituents is 1. The van der Waals surface area contributed by atoms with Crippen LogP contribution in [0.25, 0.3) is 11.0 Å². The summed E-state index contributed by atoms with van der Waals surface area (Å²) in [6.45, 7) is 0. The fourth-order valence-corrected chi connectivity index (χ4v) is 1.82. The highest BCUT2D eigenvalue weighted by Crippen LogP contribution is 2.30. The van der Waals surface area contributed by atoms with Crippen molar-refractivity contribution in [1.29, 1.82) is 0 Å². The summed E-state index contributed by atoms with van der Waals surface area (Å²) in [5, 5.41) is 21.2. The third kappa shape index (κ3) is 1.99. The first-order valence-electron chi connectivity index (χ1n) is 5.67. The van der Waals surface area contributed by atoms with Gasteiger partial charge in [-0.05, 0) is 40.6 Å². The van der Waals surface area contributed by atoms with Crippen molar-refractivity contribution >= 4 is 33.8 Å². The number of fused-ring (bicyclic) bond motifs is 1. The molecule has 0 spiro atoms. The number of nitrogens with two attached hydrogens (primary N) is 1. The Kier molecular flexibility index (Phi) is 2.68. The molecule has 1 heterocycles. The number of nitro groups is 1. The topological polar surface area (TPSA) is 120 Å². The van der Waals surface area contributed by atoms with Gasteiger partial charge in [-0.15, -0.1) is 0 Å². The van der Waals surface area contributed by atoms with E-state index in [0.717, 1.165) is 5.69 Å². The van der Waals surface area contributed by atoms with Crippen LogP contribution in [0.4, 0.5) is 22.7 Å². The Balaban J connectivity index is 2.04. The van der Waals surface area contributed by atoms with E-state index in [1.807, 2.05) is 0 Å². The van der Waals surface area contributed by atoms with Crippen molar-refractivity contribution in [2.45, 2.75) is 0 Å². The molecule has 3 aromatic rings. The Labute approximate surface area is 112 Å². The number of hydrogen-bond donors (Lipinski definition) is 2. The second kappa shape index (κ2) is 4.50. The van der Waals surface area contributed by atoms with Crippen LogP contribution in [0.5, 0.6) is 0 Å². The molecule has 3 N–H and O–H groups in total. The van der Waals surface area contributed by atoms with Gasteiger partial charge < -0.3 is 11.1 Å². The van der Waals surface area contributed by atoms with E-state index in [0.29, 0.717) is 16.9 Å². The zero-order valence-electron chi connectivity index (χ0n) is 10.1.